The number of nitrogens with one attached hydrogen (secondary N) is 1. The van der Waals surface area contributed by atoms with Crippen LogP contribution >= 0.6 is 39.3 Å². The highest BCUT2D eigenvalue weighted by atomic mass is 79.9. The maximum Gasteiger partial charge on any atom is 0.257 e. The van der Waals surface area contributed by atoms with E-state index < -0.39 is 0 Å². The topological polar surface area (TPSA) is 58.6 Å². The average molecular weight is 383 g/mol. The van der Waals surface area contributed by atoms with Crippen molar-refractivity contribution in [2.45, 2.75) is 5.16 Å². The maximum absolute atomic E-state index is 12.3. The summed E-state index contributed by atoms with van der Waals surface area (Å²) in [5.41, 5.74) is 1.48. The van der Waals surface area contributed by atoms with Crippen molar-refractivity contribution in [3.8, 4) is 11.1 Å². The molecule has 2 aromatic heterocycles. The van der Waals surface area contributed by atoms with E-state index in [4.69, 9.17) is 11.6 Å². The summed E-state index contributed by atoms with van der Waals surface area (Å²) in [6.07, 6.45) is 3.58. The molecule has 106 valence electrons. The quantitative estimate of drug-likeness (QED) is 0.535. The molecule has 0 aliphatic rings. The van der Waals surface area contributed by atoms with Gasteiger partial charge in [0.25, 0.3) is 5.56 Å². The normalized spacial score (nSPS) is 11.0. The molecule has 0 unspecified atom stereocenters. The SMILES string of the molecule is CSc1ncc2cc(-c3ccc(Br)cc3Cl)c(=O)[nH]c2n1. The van der Waals surface area contributed by atoms with E-state index in [-0.39, 0.29) is 5.56 Å². The van der Waals surface area contributed by atoms with Gasteiger partial charge in [-0.1, -0.05) is 45.4 Å². The van der Waals surface area contributed by atoms with Gasteiger partial charge < -0.3 is 4.98 Å². The largest absolute Gasteiger partial charge is 0.306 e. The fourth-order valence-corrected chi connectivity index (χ4v) is 3.10. The molecule has 3 rings (SSSR count). The molecule has 2 heterocycles. The molecule has 1 N–H and O–H groups in total. The molecule has 4 nitrogen and oxygen atoms in total. The zero-order valence-corrected chi connectivity index (χ0v) is 14.0. The molecule has 0 bridgehead atoms. The Morgan fingerprint density at radius 1 is 1.29 bits per heavy atom. The summed E-state index contributed by atoms with van der Waals surface area (Å²) >= 11 is 11.0. The Balaban J connectivity index is 2.24. The van der Waals surface area contributed by atoms with Gasteiger partial charge in [0.2, 0.25) is 0 Å². The molecular formula is C14H9BrClN3OS. The third-order valence-electron chi connectivity index (χ3n) is 2.98. The third kappa shape index (κ3) is 2.84. The molecule has 0 aliphatic carbocycles. The van der Waals surface area contributed by atoms with Crippen molar-refractivity contribution in [3.05, 3.63) is 50.3 Å². The van der Waals surface area contributed by atoms with Crippen molar-refractivity contribution < 1.29 is 0 Å². The Labute approximate surface area is 138 Å². The monoisotopic (exact) mass is 381 g/mol. The van der Waals surface area contributed by atoms with Crippen molar-refractivity contribution in [2.75, 3.05) is 6.26 Å². The van der Waals surface area contributed by atoms with Gasteiger partial charge in [0.05, 0.1) is 0 Å². The second-order valence-corrected chi connectivity index (χ2v) is 6.39. The lowest BCUT2D eigenvalue weighted by Crippen LogP contribution is -2.10. The molecule has 0 atom stereocenters. The predicted octanol–water partition coefficient (Wildman–Crippen LogP) is 4.12. The van der Waals surface area contributed by atoms with Gasteiger partial charge in [0.1, 0.15) is 5.65 Å². The van der Waals surface area contributed by atoms with Crippen molar-refractivity contribution in [1.82, 2.24) is 15.0 Å². The van der Waals surface area contributed by atoms with Gasteiger partial charge in [-0.15, -0.1) is 0 Å². The fourth-order valence-electron chi connectivity index (χ4n) is 1.98. The van der Waals surface area contributed by atoms with Crippen molar-refractivity contribution in [2.24, 2.45) is 0 Å². The molecule has 3 aromatic rings. The Bertz CT molecular complexity index is 897. The third-order valence-corrected chi connectivity index (χ3v) is 4.34. The molecule has 0 fully saturated rings. The molecule has 0 amide bonds. The first-order valence-corrected chi connectivity index (χ1v) is 8.37. The minimum atomic E-state index is -0.225. The van der Waals surface area contributed by atoms with Gasteiger partial charge in [-0.25, -0.2) is 9.97 Å². The van der Waals surface area contributed by atoms with E-state index in [1.807, 2.05) is 12.3 Å². The summed E-state index contributed by atoms with van der Waals surface area (Å²) in [6.45, 7) is 0. The minimum absolute atomic E-state index is 0.225. The van der Waals surface area contributed by atoms with Gasteiger partial charge in [-0.05, 0) is 24.5 Å². The van der Waals surface area contributed by atoms with Gasteiger partial charge in [-0.3, -0.25) is 4.79 Å². The van der Waals surface area contributed by atoms with E-state index in [1.54, 1.807) is 24.4 Å². The van der Waals surface area contributed by atoms with Gasteiger partial charge in [0, 0.05) is 32.2 Å². The number of hydrogen-bond acceptors (Lipinski definition) is 4. The van der Waals surface area contributed by atoms with Gasteiger partial charge >= 0.3 is 0 Å². The van der Waals surface area contributed by atoms with E-state index >= 15 is 0 Å². The molecule has 1 aromatic carbocycles. The number of nitrogens with zero attached hydrogens (tertiary/aromatic N) is 2. The van der Waals surface area contributed by atoms with Crippen LogP contribution in [-0.2, 0) is 0 Å². The Kier molecular flexibility index (Phi) is 4.01. The summed E-state index contributed by atoms with van der Waals surface area (Å²) in [5, 5.41) is 1.89. The molecular weight excluding hydrogens is 374 g/mol. The molecule has 7 heteroatoms. The summed E-state index contributed by atoms with van der Waals surface area (Å²) in [7, 11) is 0. The van der Waals surface area contributed by atoms with E-state index in [0.717, 1.165) is 9.86 Å². The highest BCUT2D eigenvalue weighted by Gasteiger charge is 2.11. The van der Waals surface area contributed by atoms with Crippen LogP contribution in [0.1, 0.15) is 0 Å². The zero-order valence-electron chi connectivity index (χ0n) is 10.9. The fraction of sp³-hybridized carbons (Fsp3) is 0.0714. The van der Waals surface area contributed by atoms with Crippen molar-refractivity contribution in [1.29, 1.82) is 0 Å². The highest BCUT2D eigenvalue weighted by Crippen LogP contribution is 2.29. The number of fused-ring (bicyclic) bond motifs is 1. The molecule has 21 heavy (non-hydrogen) atoms. The van der Waals surface area contributed by atoms with Crippen LogP contribution < -0.4 is 5.56 Å². The Morgan fingerprint density at radius 2 is 2.10 bits per heavy atom. The van der Waals surface area contributed by atoms with Crippen LogP contribution in [0.2, 0.25) is 5.02 Å². The van der Waals surface area contributed by atoms with E-state index in [1.165, 1.54) is 11.8 Å². The van der Waals surface area contributed by atoms with Crippen molar-refractivity contribution >= 4 is 50.3 Å². The second-order valence-electron chi connectivity index (χ2n) is 4.30. The van der Waals surface area contributed by atoms with Crippen LogP contribution in [0.25, 0.3) is 22.2 Å². The van der Waals surface area contributed by atoms with Crippen LogP contribution in [0.15, 0.2) is 44.9 Å². The lowest BCUT2D eigenvalue weighted by Gasteiger charge is -2.06. The first-order chi connectivity index (χ1) is 10.1. The van der Waals surface area contributed by atoms with Crippen LogP contribution in [0.5, 0.6) is 0 Å². The van der Waals surface area contributed by atoms with Crippen LogP contribution in [0, 0.1) is 0 Å². The van der Waals surface area contributed by atoms with Crippen molar-refractivity contribution in [3.63, 3.8) is 0 Å². The number of pyridine rings is 1. The molecule has 0 aliphatic heterocycles. The molecule has 0 spiro atoms. The van der Waals surface area contributed by atoms with Crippen LogP contribution in [-0.4, -0.2) is 21.2 Å². The number of hydrogen-bond donors (Lipinski definition) is 1. The Morgan fingerprint density at radius 3 is 2.81 bits per heavy atom. The lowest BCUT2D eigenvalue weighted by atomic mass is 10.1. The molecule has 0 saturated heterocycles. The Hall–Kier alpha value is -1.37. The second kappa shape index (κ2) is 5.79. The minimum Gasteiger partial charge on any atom is -0.306 e. The summed E-state index contributed by atoms with van der Waals surface area (Å²) in [4.78, 5) is 23.6. The number of aromatic amines is 1. The first kappa shape index (κ1) is 14.6. The highest BCUT2D eigenvalue weighted by molar-refractivity contribution is 9.10. The first-order valence-electron chi connectivity index (χ1n) is 5.98. The number of rotatable bonds is 2. The number of thioether (sulfide) groups is 1. The van der Waals surface area contributed by atoms with Crippen LogP contribution in [0.3, 0.4) is 0 Å². The van der Waals surface area contributed by atoms with E-state index in [9.17, 15) is 4.79 Å². The average Bonchev–Trinajstić information content (AvgIpc) is 2.46. The lowest BCUT2D eigenvalue weighted by molar-refractivity contribution is 0.988. The number of halogens is 2. The maximum atomic E-state index is 12.3. The summed E-state index contributed by atoms with van der Waals surface area (Å²) < 4.78 is 0.862. The smallest absolute Gasteiger partial charge is 0.257 e. The summed E-state index contributed by atoms with van der Waals surface area (Å²) in [6, 6.07) is 7.17. The van der Waals surface area contributed by atoms with Gasteiger partial charge in [0.15, 0.2) is 5.16 Å². The molecule has 0 radical (unpaired) electrons. The standard InChI is InChI=1S/C14H9BrClN3OS/c1-21-14-17-6-7-4-10(13(20)18-12(7)19-14)9-3-2-8(15)5-11(9)16/h2-6H,1H3,(H,17,18,19,20). The molecule has 0 saturated carbocycles. The van der Waals surface area contributed by atoms with E-state index in [0.29, 0.717) is 27.0 Å². The van der Waals surface area contributed by atoms with Gasteiger partial charge in [-0.2, -0.15) is 0 Å². The number of aromatic nitrogens is 3. The van der Waals surface area contributed by atoms with E-state index in [2.05, 4.69) is 30.9 Å². The number of benzene rings is 1. The number of H-pyrrole nitrogens is 1. The summed E-state index contributed by atoms with van der Waals surface area (Å²) in [5.74, 6) is 0. The predicted molar refractivity (Wildman–Crippen MR) is 90.1 cm³/mol. The van der Waals surface area contributed by atoms with Crippen LogP contribution in [0.4, 0.5) is 0 Å². The zero-order chi connectivity index (χ0) is 15.0.